The molecule has 4 nitrogen and oxygen atoms in total. The van der Waals surface area contributed by atoms with E-state index in [1.54, 1.807) is 30.3 Å². The Balaban J connectivity index is 1.78. The van der Waals surface area contributed by atoms with Crippen molar-refractivity contribution in [2.45, 2.75) is 19.9 Å². The molecule has 0 unspecified atom stereocenters. The second kappa shape index (κ2) is 8.32. The van der Waals surface area contributed by atoms with Gasteiger partial charge in [0.2, 0.25) is 5.91 Å². The van der Waals surface area contributed by atoms with E-state index in [-0.39, 0.29) is 17.9 Å². The highest BCUT2D eigenvalue weighted by Gasteiger charge is 2.12. The lowest BCUT2D eigenvalue weighted by Gasteiger charge is -2.12. The molecule has 0 bridgehead atoms. The molecule has 27 heavy (non-hydrogen) atoms. The Morgan fingerprint density at radius 2 is 1.59 bits per heavy atom. The van der Waals surface area contributed by atoms with Gasteiger partial charge in [-0.25, -0.2) is 0 Å². The summed E-state index contributed by atoms with van der Waals surface area (Å²) in [4.78, 5) is 24.7. The monoisotopic (exact) mass is 358 g/mol. The molecule has 0 saturated carbocycles. The second-order valence-corrected chi connectivity index (χ2v) is 6.56. The normalized spacial score (nSPS) is 11.1. The van der Waals surface area contributed by atoms with E-state index in [0.29, 0.717) is 11.3 Å². The smallest absolute Gasteiger partial charge is 0.253 e. The first kappa shape index (κ1) is 18.4. The van der Waals surface area contributed by atoms with Gasteiger partial charge in [0.05, 0.1) is 11.3 Å². The lowest BCUT2D eigenvalue weighted by molar-refractivity contribution is -0.111. The van der Waals surface area contributed by atoms with Gasteiger partial charge >= 0.3 is 0 Å². The average molecular weight is 358 g/mol. The third kappa shape index (κ3) is 4.61. The van der Waals surface area contributed by atoms with Crippen LogP contribution in [0.4, 0.5) is 5.69 Å². The molecule has 2 amide bonds. The molecule has 0 atom stereocenters. The molecule has 0 aliphatic heterocycles. The molecule has 0 heterocycles. The van der Waals surface area contributed by atoms with Crippen LogP contribution in [0.15, 0.2) is 72.8 Å². The van der Waals surface area contributed by atoms with Gasteiger partial charge in [-0.2, -0.15) is 0 Å². The highest BCUT2D eigenvalue weighted by molar-refractivity contribution is 6.08. The number of carbonyl (C=O) groups excluding carboxylic acids is 2. The van der Waals surface area contributed by atoms with Crippen molar-refractivity contribution in [1.29, 1.82) is 0 Å². The fraction of sp³-hybridized carbons (Fsp3) is 0.130. The Morgan fingerprint density at radius 3 is 2.41 bits per heavy atom. The molecule has 0 fully saturated rings. The maximum atomic E-state index is 12.4. The van der Waals surface area contributed by atoms with Crippen molar-refractivity contribution in [3.63, 3.8) is 0 Å². The lowest BCUT2D eigenvalue weighted by atomic mass is 10.0. The Bertz CT molecular complexity index is 1000. The number of carbonyl (C=O) groups is 2. The van der Waals surface area contributed by atoms with Crippen LogP contribution in [0.5, 0.6) is 0 Å². The first-order valence-electron chi connectivity index (χ1n) is 8.91. The molecule has 2 N–H and O–H groups in total. The molecule has 3 aromatic rings. The molecule has 3 rings (SSSR count). The molecular weight excluding hydrogens is 336 g/mol. The van der Waals surface area contributed by atoms with E-state index >= 15 is 0 Å². The predicted molar refractivity (Wildman–Crippen MR) is 111 cm³/mol. The van der Waals surface area contributed by atoms with Gasteiger partial charge in [0.25, 0.3) is 5.91 Å². The molecule has 0 saturated heterocycles. The maximum Gasteiger partial charge on any atom is 0.253 e. The number of amides is 2. The Kier molecular flexibility index (Phi) is 5.67. The molecule has 0 radical (unpaired) electrons. The zero-order valence-corrected chi connectivity index (χ0v) is 15.4. The number of hydrogen-bond acceptors (Lipinski definition) is 2. The van der Waals surface area contributed by atoms with Gasteiger partial charge in [-0.1, -0.05) is 54.6 Å². The lowest BCUT2D eigenvalue weighted by Crippen LogP contribution is -2.30. The summed E-state index contributed by atoms with van der Waals surface area (Å²) in [6.45, 7) is 3.79. The summed E-state index contributed by atoms with van der Waals surface area (Å²) in [5.74, 6) is -0.494. The number of nitrogens with one attached hydrogen (secondary N) is 2. The van der Waals surface area contributed by atoms with E-state index in [4.69, 9.17) is 0 Å². The predicted octanol–water partition coefficient (Wildman–Crippen LogP) is 4.63. The number of para-hydroxylation sites is 1. The first-order valence-corrected chi connectivity index (χ1v) is 8.91. The van der Waals surface area contributed by atoms with Gasteiger partial charge in [0.15, 0.2) is 0 Å². The SMILES string of the molecule is CC(C)NC(=O)c1ccccc1NC(=O)/C=C/c1cccc2ccccc12. The number of anilines is 1. The standard InChI is InChI=1S/C23H22N2O2/c1-16(2)24-23(27)20-12-5-6-13-21(20)25-22(26)15-14-18-10-7-9-17-8-3-4-11-19(17)18/h3-16H,1-2H3,(H,24,27)(H,25,26)/b15-14+. The topological polar surface area (TPSA) is 58.2 Å². The van der Waals surface area contributed by atoms with E-state index in [1.807, 2.05) is 56.3 Å². The van der Waals surface area contributed by atoms with Gasteiger partial charge in [-0.05, 0) is 48.4 Å². The average Bonchev–Trinajstić information content (AvgIpc) is 2.66. The molecule has 0 aliphatic rings. The van der Waals surface area contributed by atoms with Crippen molar-refractivity contribution in [3.05, 3.63) is 83.9 Å². The van der Waals surface area contributed by atoms with Crippen LogP contribution in [-0.4, -0.2) is 17.9 Å². The maximum absolute atomic E-state index is 12.4. The zero-order chi connectivity index (χ0) is 19.2. The quantitative estimate of drug-likeness (QED) is 0.653. The van der Waals surface area contributed by atoms with Crippen LogP contribution >= 0.6 is 0 Å². The van der Waals surface area contributed by atoms with Crippen LogP contribution in [0.2, 0.25) is 0 Å². The summed E-state index contributed by atoms with van der Waals surface area (Å²) in [5, 5.41) is 7.84. The molecule has 0 aromatic heterocycles. The van der Waals surface area contributed by atoms with Gasteiger partial charge in [0.1, 0.15) is 0 Å². The van der Waals surface area contributed by atoms with Crippen LogP contribution in [0.1, 0.15) is 29.8 Å². The molecule has 4 heteroatoms. The van der Waals surface area contributed by atoms with Gasteiger partial charge in [-0.3, -0.25) is 9.59 Å². The number of hydrogen-bond donors (Lipinski definition) is 2. The van der Waals surface area contributed by atoms with Crippen molar-refractivity contribution in [3.8, 4) is 0 Å². The van der Waals surface area contributed by atoms with Crippen molar-refractivity contribution in [1.82, 2.24) is 5.32 Å². The van der Waals surface area contributed by atoms with Crippen LogP contribution in [0.25, 0.3) is 16.8 Å². The molecule has 0 aliphatic carbocycles. The van der Waals surface area contributed by atoms with E-state index in [0.717, 1.165) is 16.3 Å². The molecule has 0 spiro atoms. The van der Waals surface area contributed by atoms with Crippen molar-refractivity contribution < 1.29 is 9.59 Å². The van der Waals surface area contributed by atoms with Crippen molar-refractivity contribution in [2.24, 2.45) is 0 Å². The third-order valence-electron chi connectivity index (χ3n) is 4.09. The van der Waals surface area contributed by atoms with Crippen LogP contribution in [0.3, 0.4) is 0 Å². The largest absolute Gasteiger partial charge is 0.350 e. The highest BCUT2D eigenvalue weighted by atomic mass is 16.2. The zero-order valence-electron chi connectivity index (χ0n) is 15.4. The summed E-state index contributed by atoms with van der Waals surface area (Å²) in [5.41, 5.74) is 1.90. The Labute approximate surface area is 158 Å². The highest BCUT2D eigenvalue weighted by Crippen LogP contribution is 2.20. The summed E-state index contributed by atoms with van der Waals surface area (Å²) < 4.78 is 0. The Morgan fingerprint density at radius 1 is 0.889 bits per heavy atom. The molecule has 136 valence electrons. The van der Waals surface area contributed by atoms with Crippen LogP contribution < -0.4 is 10.6 Å². The number of benzene rings is 3. The molecular formula is C23H22N2O2. The summed E-state index contributed by atoms with van der Waals surface area (Å²) in [7, 11) is 0. The van der Waals surface area contributed by atoms with Gasteiger partial charge < -0.3 is 10.6 Å². The van der Waals surface area contributed by atoms with E-state index < -0.39 is 0 Å². The number of fused-ring (bicyclic) bond motifs is 1. The van der Waals surface area contributed by atoms with Crippen LogP contribution in [-0.2, 0) is 4.79 Å². The third-order valence-corrected chi connectivity index (χ3v) is 4.09. The van der Waals surface area contributed by atoms with Gasteiger partial charge in [-0.15, -0.1) is 0 Å². The minimum Gasteiger partial charge on any atom is -0.350 e. The summed E-state index contributed by atoms with van der Waals surface area (Å²) in [6.07, 6.45) is 3.27. The summed E-state index contributed by atoms with van der Waals surface area (Å²) in [6, 6.07) is 21.0. The summed E-state index contributed by atoms with van der Waals surface area (Å²) >= 11 is 0. The van der Waals surface area contributed by atoms with E-state index in [1.165, 1.54) is 6.08 Å². The first-order chi connectivity index (χ1) is 13.0. The van der Waals surface area contributed by atoms with E-state index in [9.17, 15) is 9.59 Å². The van der Waals surface area contributed by atoms with Crippen LogP contribution in [0, 0.1) is 0 Å². The Hall–Kier alpha value is -3.40. The fourth-order valence-corrected chi connectivity index (χ4v) is 2.87. The van der Waals surface area contributed by atoms with E-state index in [2.05, 4.69) is 10.6 Å². The second-order valence-electron chi connectivity index (χ2n) is 6.56. The molecule has 3 aromatic carbocycles. The minimum atomic E-state index is -0.285. The van der Waals surface area contributed by atoms with Crippen molar-refractivity contribution >= 4 is 34.4 Å². The fourth-order valence-electron chi connectivity index (χ4n) is 2.87. The van der Waals surface area contributed by atoms with Crippen molar-refractivity contribution in [2.75, 3.05) is 5.32 Å². The van der Waals surface area contributed by atoms with Gasteiger partial charge in [0, 0.05) is 12.1 Å². The minimum absolute atomic E-state index is 0.0208. The number of rotatable bonds is 5.